The minimum Gasteiger partial charge on any atom is -0.494 e. The third kappa shape index (κ3) is 1.83. The van der Waals surface area contributed by atoms with E-state index in [4.69, 9.17) is 4.74 Å². The highest BCUT2D eigenvalue weighted by Crippen LogP contribution is 2.33. The Kier molecular flexibility index (Phi) is 2.99. The van der Waals surface area contributed by atoms with E-state index in [0.717, 1.165) is 30.1 Å². The summed E-state index contributed by atoms with van der Waals surface area (Å²) in [5.41, 5.74) is 1.84. The van der Waals surface area contributed by atoms with Crippen molar-refractivity contribution in [2.45, 2.75) is 12.8 Å². The number of anilines is 2. The van der Waals surface area contributed by atoms with Gasteiger partial charge in [-0.05, 0) is 18.6 Å². The van der Waals surface area contributed by atoms with Gasteiger partial charge in [0.05, 0.1) is 12.8 Å². The molecule has 1 aromatic rings. The van der Waals surface area contributed by atoms with E-state index in [1.807, 2.05) is 25.2 Å². The Morgan fingerprint density at radius 1 is 1.44 bits per heavy atom. The van der Waals surface area contributed by atoms with E-state index < -0.39 is 0 Å². The van der Waals surface area contributed by atoms with E-state index in [0.29, 0.717) is 6.42 Å². The topological polar surface area (TPSA) is 41.6 Å². The van der Waals surface area contributed by atoms with Crippen molar-refractivity contribution in [1.82, 2.24) is 0 Å². The van der Waals surface area contributed by atoms with Crippen LogP contribution in [0.25, 0.3) is 0 Å². The van der Waals surface area contributed by atoms with Crippen LogP contribution in [0.2, 0.25) is 0 Å². The van der Waals surface area contributed by atoms with Crippen LogP contribution in [-0.2, 0) is 4.79 Å². The Hall–Kier alpha value is -1.71. The molecule has 0 saturated carbocycles. The molecule has 16 heavy (non-hydrogen) atoms. The van der Waals surface area contributed by atoms with Crippen molar-refractivity contribution in [3.05, 3.63) is 18.2 Å². The zero-order chi connectivity index (χ0) is 11.5. The molecule has 86 valence electrons. The van der Waals surface area contributed by atoms with Gasteiger partial charge in [-0.2, -0.15) is 0 Å². The number of benzene rings is 1. The van der Waals surface area contributed by atoms with E-state index in [-0.39, 0.29) is 5.91 Å². The van der Waals surface area contributed by atoms with Crippen LogP contribution < -0.4 is 15.0 Å². The van der Waals surface area contributed by atoms with Crippen LogP contribution in [0.3, 0.4) is 0 Å². The maximum absolute atomic E-state index is 11.7. The average Bonchev–Trinajstić information content (AvgIpc) is 2.74. The number of carbonyl (C=O) groups excluding carboxylic acids is 1. The summed E-state index contributed by atoms with van der Waals surface area (Å²) in [6.07, 6.45) is 1.56. The van der Waals surface area contributed by atoms with Gasteiger partial charge in [0.15, 0.2) is 0 Å². The Balaban J connectivity index is 2.36. The summed E-state index contributed by atoms with van der Waals surface area (Å²) in [6.45, 7) is 0.786. The SMILES string of the molecule is CNc1ccc(N2CCCC2=O)c(OC)c1. The van der Waals surface area contributed by atoms with Crippen molar-refractivity contribution in [2.24, 2.45) is 0 Å². The number of methoxy groups -OCH3 is 1. The molecule has 4 nitrogen and oxygen atoms in total. The molecule has 0 aromatic heterocycles. The van der Waals surface area contributed by atoms with Gasteiger partial charge in [0, 0.05) is 31.8 Å². The van der Waals surface area contributed by atoms with Gasteiger partial charge in [0.25, 0.3) is 0 Å². The summed E-state index contributed by atoms with van der Waals surface area (Å²) in [5, 5.41) is 3.05. The lowest BCUT2D eigenvalue weighted by Gasteiger charge is -2.19. The molecular weight excluding hydrogens is 204 g/mol. The predicted octanol–water partition coefficient (Wildman–Crippen LogP) is 1.86. The number of hydrogen-bond donors (Lipinski definition) is 1. The molecule has 0 atom stereocenters. The molecule has 1 saturated heterocycles. The Morgan fingerprint density at radius 3 is 2.81 bits per heavy atom. The summed E-state index contributed by atoms with van der Waals surface area (Å²) >= 11 is 0. The molecule has 1 heterocycles. The van der Waals surface area contributed by atoms with Gasteiger partial charge < -0.3 is 15.0 Å². The number of amides is 1. The number of carbonyl (C=O) groups is 1. The van der Waals surface area contributed by atoms with Crippen molar-refractivity contribution in [2.75, 3.05) is 30.9 Å². The molecule has 2 rings (SSSR count). The number of hydrogen-bond acceptors (Lipinski definition) is 3. The number of nitrogens with zero attached hydrogens (tertiary/aromatic N) is 1. The monoisotopic (exact) mass is 220 g/mol. The van der Waals surface area contributed by atoms with Crippen LogP contribution in [-0.4, -0.2) is 26.6 Å². The molecule has 1 aliphatic rings. The van der Waals surface area contributed by atoms with E-state index in [1.165, 1.54) is 0 Å². The first kappa shape index (κ1) is 10.8. The Morgan fingerprint density at radius 2 is 2.25 bits per heavy atom. The Bertz CT molecular complexity index is 404. The second-order valence-corrected chi connectivity index (χ2v) is 3.79. The van der Waals surface area contributed by atoms with E-state index >= 15 is 0 Å². The highest BCUT2D eigenvalue weighted by atomic mass is 16.5. The maximum atomic E-state index is 11.7. The third-order valence-electron chi connectivity index (χ3n) is 2.83. The average molecular weight is 220 g/mol. The number of nitrogens with one attached hydrogen (secondary N) is 1. The predicted molar refractivity (Wildman–Crippen MR) is 64.1 cm³/mol. The van der Waals surface area contributed by atoms with Gasteiger partial charge in [-0.1, -0.05) is 0 Å². The molecule has 1 aromatic carbocycles. The Labute approximate surface area is 95.2 Å². The lowest BCUT2D eigenvalue weighted by molar-refractivity contribution is -0.117. The van der Waals surface area contributed by atoms with Crippen molar-refractivity contribution < 1.29 is 9.53 Å². The molecule has 1 fully saturated rings. The fourth-order valence-corrected chi connectivity index (χ4v) is 1.96. The first-order chi connectivity index (χ1) is 7.76. The second kappa shape index (κ2) is 4.43. The molecule has 4 heteroatoms. The van der Waals surface area contributed by atoms with E-state index in [9.17, 15) is 4.79 Å². The molecule has 0 spiro atoms. The molecule has 0 radical (unpaired) electrons. The maximum Gasteiger partial charge on any atom is 0.227 e. The first-order valence-electron chi connectivity index (χ1n) is 5.42. The van der Waals surface area contributed by atoms with Gasteiger partial charge >= 0.3 is 0 Å². The van der Waals surface area contributed by atoms with Crippen LogP contribution in [0, 0.1) is 0 Å². The molecule has 1 amide bonds. The van der Waals surface area contributed by atoms with Gasteiger partial charge in [0.1, 0.15) is 5.75 Å². The normalized spacial score (nSPS) is 15.4. The van der Waals surface area contributed by atoms with E-state index in [1.54, 1.807) is 12.0 Å². The van der Waals surface area contributed by atoms with Gasteiger partial charge in [-0.25, -0.2) is 0 Å². The minimum absolute atomic E-state index is 0.176. The van der Waals surface area contributed by atoms with Crippen LogP contribution in [0.5, 0.6) is 5.75 Å². The molecule has 1 aliphatic heterocycles. The lowest BCUT2D eigenvalue weighted by atomic mass is 10.2. The molecule has 1 N–H and O–H groups in total. The van der Waals surface area contributed by atoms with Crippen molar-refractivity contribution in [1.29, 1.82) is 0 Å². The van der Waals surface area contributed by atoms with Crippen LogP contribution in [0.1, 0.15) is 12.8 Å². The smallest absolute Gasteiger partial charge is 0.227 e. The quantitative estimate of drug-likeness (QED) is 0.845. The molecular formula is C12H16N2O2. The zero-order valence-electron chi connectivity index (χ0n) is 9.62. The van der Waals surface area contributed by atoms with Gasteiger partial charge in [0.2, 0.25) is 5.91 Å². The van der Waals surface area contributed by atoms with Crippen LogP contribution in [0.15, 0.2) is 18.2 Å². The zero-order valence-corrected chi connectivity index (χ0v) is 9.62. The molecule has 0 unspecified atom stereocenters. The van der Waals surface area contributed by atoms with Gasteiger partial charge in [-0.15, -0.1) is 0 Å². The van der Waals surface area contributed by atoms with Gasteiger partial charge in [-0.3, -0.25) is 4.79 Å². The second-order valence-electron chi connectivity index (χ2n) is 3.79. The highest BCUT2D eigenvalue weighted by Gasteiger charge is 2.24. The summed E-state index contributed by atoms with van der Waals surface area (Å²) in [4.78, 5) is 13.4. The summed E-state index contributed by atoms with van der Waals surface area (Å²) < 4.78 is 5.31. The van der Waals surface area contributed by atoms with Crippen LogP contribution in [0.4, 0.5) is 11.4 Å². The lowest BCUT2D eigenvalue weighted by Crippen LogP contribution is -2.24. The van der Waals surface area contributed by atoms with Crippen molar-refractivity contribution in [3.63, 3.8) is 0 Å². The molecule has 0 bridgehead atoms. The largest absolute Gasteiger partial charge is 0.494 e. The van der Waals surface area contributed by atoms with Crippen molar-refractivity contribution in [3.8, 4) is 5.75 Å². The molecule has 0 aliphatic carbocycles. The summed E-state index contributed by atoms with van der Waals surface area (Å²) in [5.74, 6) is 0.914. The standard InChI is InChI=1S/C12H16N2O2/c1-13-9-5-6-10(11(8-9)16-2)14-7-3-4-12(14)15/h5-6,8,13H,3-4,7H2,1-2H3. The van der Waals surface area contributed by atoms with Crippen LogP contribution >= 0.6 is 0 Å². The number of rotatable bonds is 3. The highest BCUT2D eigenvalue weighted by molar-refractivity contribution is 5.97. The summed E-state index contributed by atoms with van der Waals surface area (Å²) in [7, 11) is 3.48. The fourth-order valence-electron chi connectivity index (χ4n) is 1.96. The van der Waals surface area contributed by atoms with Crippen molar-refractivity contribution >= 4 is 17.3 Å². The van der Waals surface area contributed by atoms with E-state index in [2.05, 4.69) is 5.32 Å². The number of ether oxygens (including phenoxy) is 1. The first-order valence-corrected chi connectivity index (χ1v) is 5.42. The minimum atomic E-state index is 0.176. The third-order valence-corrected chi connectivity index (χ3v) is 2.83. The fraction of sp³-hybridized carbons (Fsp3) is 0.417. The summed E-state index contributed by atoms with van der Waals surface area (Å²) in [6, 6.07) is 5.78.